The molecule has 0 aliphatic carbocycles. The predicted octanol–water partition coefficient (Wildman–Crippen LogP) is 1.18. The lowest BCUT2D eigenvalue weighted by Crippen LogP contribution is -2.43. The van der Waals surface area contributed by atoms with Crippen LogP contribution >= 0.6 is 0 Å². The lowest BCUT2D eigenvalue weighted by Gasteiger charge is -2.33. The SMILES string of the molecule is COc1ccc(S(=O)(=O)N2CCOCC2c2ccn[nH]2)cc1. The summed E-state index contributed by atoms with van der Waals surface area (Å²) in [5.74, 6) is 0.617. The van der Waals surface area contributed by atoms with Crippen LogP contribution in [0.2, 0.25) is 0 Å². The van der Waals surface area contributed by atoms with Gasteiger partial charge < -0.3 is 9.47 Å². The molecule has 1 unspecified atom stereocenters. The summed E-state index contributed by atoms with van der Waals surface area (Å²) in [7, 11) is -2.07. The highest BCUT2D eigenvalue weighted by Crippen LogP contribution is 2.29. The van der Waals surface area contributed by atoms with Crippen molar-refractivity contribution in [2.24, 2.45) is 0 Å². The van der Waals surface area contributed by atoms with Crippen molar-refractivity contribution in [1.29, 1.82) is 0 Å². The zero-order chi connectivity index (χ0) is 15.6. The van der Waals surface area contributed by atoms with Crippen molar-refractivity contribution in [3.8, 4) is 5.75 Å². The van der Waals surface area contributed by atoms with E-state index >= 15 is 0 Å². The van der Waals surface area contributed by atoms with Crippen LogP contribution in [0.5, 0.6) is 5.75 Å². The minimum atomic E-state index is -3.61. The van der Waals surface area contributed by atoms with Gasteiger partial charge in [0.2, 0.25) is 10.0 Å². The summed E-state index contributed by atoms with van der Waals surface area (Å²) in [6.45, 7) is 0.982. The highest BCUT2D eigenvalue weighted by molar-refractivity contribution is 7.89. The van der Waals surface area contributed by atoms with E-state index in [1.54, 1.807) is 43.6 Å². The predicted molar refractivity (Wildman–Crippen MR) is 79.0 cm³/mol. The Labute approximate surface area is 128 Å². The van der Waals surface area contributed by atoms with Gasteiger partial charge in [-0.2, -0.15) is 9.40 Å². The third kappa shape index (κ3) is 2.72. The lowest BCUT2D eigenvalue weighted by molar-refractivity contribution is 0.0306. The van der Waals surface area contributed by atoms with Crippen molar-refractivity contribution in [2.75, 3.05) is 26.9 Å². The monoisotopic (exact) mass is 323 g/mol. The number of ether oxygens (including phenoxy) is 2. The van der Waals surface area contributed by atoms with E-state index < -0.39 is 16.1 Å². The number of benzene rings is 1. The normalized spacial score (nSPS) is 20.0. The topological polar surface area (TPSA) is 84.5 Å². The summed E-state index contributed by atoms with van der Waals surface area (Å²) < 4.78 is 37.7. The molecule has 0 spiro atoms. The number of hydrogen-bond acceptors (Lipinski definition) is 5. The fourth-order valence-corrected chi connectivity index (χ4v) is 4.03. The van der Waals surface area contributed by atoms with Crippen LogP contribution in [0.4, 0.5) is 0 Å². The van der Waals surface area contributed by atoms with Crippen molar-refractivity contribution in [3.63, 3.8) is 0 Å². The maximum Gasteiger partial charge on any atom is 0.243 e. The third-order valence-electron chi connectivity index (χ3n) is 3.63. The van der Waals surface area contributed by atoms with Crippen molar-refractivity contribution in [1.82, 2.24) is 14.5 Å². The molecule has 1 atom stereocenters. The van der Waals surface area contributed by atoms with Gasteiger partial charge in [-0.3, -0.25) is 5.10 Å². The second kappa shape index (κ2) is 6.07. The number of H-pyrrole nitrogens is 1. The number of nitrogens with zero attached hydrogens (tertiary/aromatic N) is 2. The Bertz CT molecular complexity index is 713. The Hall–Kier alpha value is -1.90. The van der Waals surface area contributed by atoms with Gasteiger partial charge in [-0.1, -0.05) is 0 Å². The Morgan fingerprint density at radius 2 is 2.09 bits per heavy atom. The van der Waals surface area contributed by atoms with Gasteiger partial charge in [-0.05, 0) is 30.3 Å². The van der Waals surface area contributed by atoms with Crippen molar-refractivity contribution in [2.45, 2.75) is 10.9 Å². The first-order chi connectivity index (χ1) is 10.6. The number of aromatic nitrogens is 2. The molecule has 0 saturated carbocycles. The van der Waals surface area contributed by atoms with Crippen LogP contribution < -0.4 is 4.74 Å². The number of methoxy groups -OCH3 is 1. The molecule has 8 heteroatoms. The number of rotatable bonds is 4. The highest BCUT2D eigenvalue weighted by Gasteiger charge is 2.35. The zero-order valence-corrected chi connectivity index (χ0v) is 12.9. The van der Waals surface area contributed by atoms with Gasteiger partial charge >= 0.3 is 0 Å². The third-order valence-corrected chi connectivity index (χ3v) is 5.55. The molecular formula is C14H17N3O4S. The number of sulfonamides is 1. The molecule has 0 bridgehead atoms. The smallest absolute Gasteiger partial charge is 0.243 e. The minimum Gasteiger partial charge on any atom is -0.497 e. The van der Waals surface area contributed by atoms with E-state index in [1.807, 2.05) is 0 Å². The van der Waals surface area contributed by atoms with Crippen LogP contribution in [0.15, 0.2) is 41.4 Å². The van der Waals surface area contributed by atoms with Gasteiger partial charge in [-0.15, -0.1) is 0 Å². The fourth-order valence-electron chi connectivity index (χ4n) is 2.46. The Morgan fingerprint density at radius 3 is 2.73 bits per heavy atom. The summed E-state index contributed by atoms with van der Waals surface area (Å²) >= 11 is 0. The van der Waals surface area contributed by atoms with E-state index in [9.17, 15) is 8.42 Å². The molecular weight excluding hydrogens is 306 g/mol. The van der Waals surface area contributed by atoms with Crippen LogP contribution in [-0.2, 0) is 14.8 Å². The molecule has 1 aliphatic heterocycles. The molecule has 1 fully saturated rings. The summed E-state index contributed by atoms with van der Waals surface area (Å²) in [5.41, 5.74) is 0.719. The standard InChI is InChI=1S/C14H17N3O4S/c1-20-11-2-4-12(5-3-11)22(18,19)17-8-9-21-10-14(17)13-6-7-15-16-13/h2-7,14H,8-10H2,1H3,(H,15,16). The summed E-state index contributed by atoms with van der Waals surface area (Å²) in [5, 5.41) is 6.71. The van der Waals surface area contributed by atoms with E-state index in [0.717, 1.165) is 5.69 Å². The highest BCUT2D eigenvalue weighted by atomic mass is 32.2. The van der Waals surface area contributed by atoms with Crippen LogP contribution in [0.3, 0.4) is 0 Å². The molecule has 7 nitrogen and oxygen atoms in total. The van der Waals surface area contributed by atoms with Gasteiger partial charge in [0.25, 0.3) is 0 Å². The Morgan fingerprint density at radius 1 is 1.32 bits per heavy atom. The quantitative estimate of drug-likeness (QED) is 0.913. The Balaban J connectivity index is 1.94. The van der Waals surface area contributed by atoms with Crippen molar-refractivity contribution in [3.05, 3.63) is 42.2 Å². The number of nitrogens with one attached hydrogen (secondary N) is 1. The van der Waals surface area contributed by atoms with Gasteiger partial charge in [0.1, 0.15) is 5.75 Å². The molecule has 118 valence electrons. The van der Waals surface area contributed by atoms with Gasteiger partial charge in [0, 0.05) is 12.7 Å². The molecule has 1 aromatic carbocycles. The van der Waals surface area contributed by atoms with Crippen LogP contribution in [0.1, 0.15) is 11.7 Å². The van der Waals surface area contributed by atoms with Crippen molar-refractivity contribution < 1.29 is 17.9 Å². The van der Waals surface area contributed by atoms with E-state index in [0.29, 0.717) is 25.5 Å². The number of aromatic amines is 1. The van der Waals surface area contributed by atoms with Crippen LogP contribution in [0, 0.1) is 0 Å². The van der Waals surface area contributed by atoms with Crippen LogP contribution in [-0.4, -0.2) is 49.8 Å². The van der Waals surface area contributed by atoms with Gasteiger partial charge in [-0.25, -0.2) is 8.42 Å². The molecule has 22 heavy (non-hydrogen) atoms. The molecule has 2 heterocycles. The van der Waals surface area contributed by atoms with Gasteiger partial charge in [0.05, 0.1) is 37.0 Å². The molecule has 2 aromatic rings. The average Bonchev–Trinajstić information content (AvgIpc) is 3.09. The minimum absolute atomic E-state index is 0.236. The maximum atomic E-state index is 12.9. The fraction of sp³-hybridized carbons (Fsp3) is 0.357. The van der Waals surface area contributed by atoms with E-state index in [4.69, 9.17) is 9.47 Å². The molecule has 1 saturated heterocycles. The molecule has 0 radical (unpaired) electrons. The lowest BCUT2D eigenvalue weighted by atomic mass is 10.2. The molecule has 1 aliphatic rings. The average molecular weight is 323 g/mol. The molecule has 1 aromatic heterocycles. The Kier molecular flexibility index (Phi) is 4.14. The number of morpholine rings is 1. The zero-order valence-electron chi connectivity index (χ0n) is 12.1. The largest absolute Gasteiger partial charge is 0.497 e. The first-order valence-electron chi connectivity index (χ1n) is 6.86. The molecule has 1 N–H and O–H groups in total. The van der Waals surface area contributed by atoms with Crippen molar-refractivity contribution >= 4 is 10.0 Å². The summed E-state index contributed by atoms with van der Waals surface area (Å²) in [6.07, 6.45) is 1.60. The summed E-state index contributed by atoms with van der Waals surface area (Å²) in [6, 6.07) is 7.73. The first-order valence-corrected chi connectivity index (χ1v) is 8.30. The van der Waals surface area contributed by atoms with E-state index in [2.05, 4.69) is 10.2 Å². The second-order valence-corrected chi connectivity index (χ2v) is 6.78. The van der Waals surface area contributed by atoms with E-state index in [-0.39, 0.29) is 4.90 Å². The number of hydrogen-bond donors (Lipinski definition) is 1. The maximum absolute atomic E-state index is 12.9. The van der Waals surface area contributed by atoms with Crippen LogP contribution in [0.25, 0.3) is 0 Å². The van der Waals surface area contributed by atoms with Gasteiger partial charge in [0.15, 0.2) is 0 Å². The molecule has 3 rings (SSSR count). The van der Waals surface area contributed by atoms with E-state index in [1.165, 1.54) is 4.31 Å². The first kappa shape index (κ1) is 15.0. The second-order valence-electron chi connectivity index (χ2n) is 4.89. The summed E-state index contributed by atoms with van der Waals surface area (Å²) in [4.78, 5) is 0.236. The molecule has 0 amide bonds.